The summed E-state index contributed by atoms with van der Waals surface area (Å²) in [5.41, 5.74) is 0. The molecule has 1 heterocycles. The summed E-state index contributed by atoms with van der Waals surface area (Å²) in [6, 6.07) is 0. The lowest BCUT2D eigenvalue weighted by atomic mass is 10.1. The second-order valence-corrected chi connectivity index (χ2v) is 3.14. The van der Waals surface area contributed by atoms with E-state index >= 15 is 0 Å². The van der Waals surface area contributed by atoms with Crippen molar-refractivity contribution >= 4 is 5.97 Å². The average Bonchev–Trinajstić information content (AvgIpc) is 2.26. The van der Waals surface area contributed by atoms with Crippen LogP contribution in [-0.4, -0.2) is 25.8 Å². The molecule has 0 spiro atoms. The molecule has 3 heteroatoms. The number of esters is 1. The lowest BCUT2D eigenvalue weighted by molar-refractivity contribution is -0.148. The second-order valence-electron chi connectivity index (χ2n) is 3.14. The summed E-state index contributed by atoms with van der Waals surface area (Å²) in [6.45, 7) is 0.679. The standard InChI is InChI=1S/C9H16O3/c1-11-7-6-8-4-2-3-5-9(10)12-8/h8H,2-7H2,1H3. The van der Waals surface area contributed by atoms with Crippen molar-refractivity contribution in [1.29, 1.82) is 0 Å². The van der Waals surface area contributed by atoms with Gasteiger partial charge in [0.1, 0.15) is 6.10 Å². The van der Waals surface area contributed by atoms with Crippen LogP contribution in [0.5, 0.6) is 0 Å². The van der Waals surface area contributed by atoms with E-state index in [-0.39, 0.29) is 12.1 Å². The number of carbonyl (C=O) groups is 1. The smallest absolute Gasteiger partial charge is 0.306 e. The fourth-order valence-corrected chi connectivity index (χ4v) is 1.40. The van der Waals surface area contributed by atoms with E-state index in [4.69, 9.17) is 9.47 Å². The number of ether oxygens (including phenoxy) is 2. The Bertz CT molecular complexity index is 145. The molecule has 12 heavy (non-hydrogen) atoms. The minimum Gasteiger partial charge on any atom is -0.462 e. The number of methoxy groups -OCH3 is 1. The van der Waals surface area contributed by atoms with Gasteiger partial charge in [-0.2, -0.15) is 0 Å². The molecule has 0 aromatic heterocycles. The van der Waals surface area contributed by atoms with Crippen LogP contribution >= 0.6 is 0 Å². The number of carbonyl (C=O) groups excluding carboxylic acids is 1. The number of hydrogen-bond acceptors (Lipinski definition) is 3. The maximum atomic E-state index is 11.0. The van der Waals surface area contributed by atoms with Crippen molar-refractivity contribution < 1.29 is 14.3 Å². The van der Waals surface area contributed by atoms with Gasteiger partial charge in [0.15, 0.2) is 0 Å². The minimum absolute atomic E-state index is 0.0476. The van der Waals surface area contributed by atoms with Gasteiger partial charge in [0.25, 0.3) is 0 Å². The summed E-state index contributed by atoms with van der Waals surface area (Å²) in [4.78, 5) is 11.0. The van der Waals surface area contributed by atoms with Crippen LogP contribution in [0.15, 0.2) is 0 Å². The Morgan fingerprint density at radius 2 is 2.42 bits per heavy atom. The molecule has 70 valence electrons. The predicted molar refractivity (Wildman–Crippen MR) is 44.8 cm³/mol. The average molecular weight is 172 g/mol. The van der Waals surface area contributed by atoms with Gasteiger partial charge in [0.05, 0.1) is 0 Å². The highest BCUT2D eigenvalue weighted by Crippen LogP contribution is 2.16. The van der Waals surface area contributed by atoms with Crippen LogP contribution in [0.3, 0.4) is 0 Å². The fraction of sp³-hybridized carbons (Fsp3) is 0.889. The highest BCUT2D eigenvalue weighted by molar-refractivity contribution is 5.69. The zero-order valence-corrected chi connectivity index (χ0v) is 7.54. The zero-order chi connectivity index (χ0) is 8.81. The fourth-order valence-electron chi connectivity index (χ4n) is 1.40. The topological polar surface area (TPSA) is 35.5 Å². The maximum absolute atomic E-state index is 11.0. The first-order chi connectivity index (χ1) is 5.83. The Hall–Kier alpha value is -0.570. The predicted octanol–water partition coefficient (Wildman–Crippen LogP) is 1.51. The van der Waals surface area contributed by atoms with E-state index in [0.29, 0.717) is 13.0 Å². The lowest BCUT2D eigenvalue weighted by Crippen LogP contribution is -2.17. The van der Waals surface area contributed by atoms with Gasteiger partial charge in [-0.25, -0.2) is 0 Å². The first-order valence-corrected chi connectivity index (χ1v) is 4.51. The molecule has 1 atom stereocenters. The van der Waals surface area contributed by atoms with Gasteiger partial charge in [-0.15, -0.1) is 0 Å². The molecule has 0 aromatic carbocycles. The molecule has 0 amide bonds. The molecule has 1 fully saturated rings. The van der Waals surface area contributed by atoms with Crippen molar-refractivity contribution in [3.63, 3.8) is 0 Å². The molecule has 0 aromatic rings. The molecule has 0 N–H and O–H groups in total. The molecule has 0 radical (unpaired) electrons. The maximum Gasteiger partial charge on any atom is 0.306 e. The van der Waals surface area contributed by atoms with E-state index < -0.39 is 0 Å². The molecule has 1 aliphatic heterocycles. The molecule has 0 bridgehead atoms. The van der Waals surface area contributed by atoms with Gasteiger partial charge >= 0.3 is 5.97 Å². The quantitative estimate of drug-likeness (QED) is 0.605. The normalized spacial score (nSPS) is 24.8. The third-order valence-corrected chi connectivity index (χ3v) is 2.10. The Morgan fingerprint density at radius 1 is 1.58 bits per heavy atom. The second kappa shape index (κ2) is 5.14. The van der Waals surface area contributed by atoms with E-state index in [1.54, 1.807) is 7.11 Å². The van der Waals surface area contributed by atoms with Crippen LogP contribution in [0.2, 0.25) is 0 Å². The van der Waals surface area contributed by atoms with Gasteiger partial charge in [-0.1, -0.05) is 0 Å². The Morgan fingerprint density at radius 3 is 3.17 bits per heavy atom. The van der Waals surface area contributed by atoms with Crippen molar-refractivity contribution in [3.05, 3.63) is 0 Å². The van der Waals surface area contributed by atoms with Crippen molar-refractivity contribution in [2.45, 2.75) is 38.2 Å². The van der Waals surface area contributed by atoms with E-state index in [1.807, 2.05) is 0 Å². The van der Waals surface area contributed by atoms with Gasteiger partial charge in [-0.05, 0) is 19.3 Å². The van der Waals surface area contributed by atoms with Crippen molar-refractivity contribution in [3.8, 4) is 0 Å². The van der Waals surface area contributed by atoms with Crippen LogP contribution in [0, 0.1) is 0 Å². The van der Waals surface area contributed by atoms with Gasteiger partial charge in [0.2, 0.25) is 0 Å². The number of rotatable bonds is 3. The SMILES string of the molecule is COCCC1CCCCC(=O)O1. The van der Waals surface area contributed by atoms with E-state index in [9.17, 15) is 4.79 Å². The molecule has 1 rings (SSSR count). The van der Waals surface area contributed by atoms with Crippen LogP contribution in [0.4, 0.5) is 0 Å². The number of cyclic esters (lactones) is 1. The zero-order valence-electron chi connectivity index (χ0n) is 7.54. The Balaban J connectivity index is 2.26. The van der Waals surface area contributed by atoms with E-state index in [0.717, 1.165) is 25.7 Å². The Labute approximate surface area is 73.0 Å². The van der Waals surface area contributed by atoms with Crippen LogP contribution in [0.25, 0.3) is 0 Å². The molecule has 1 aliphatic rings. The summed E-state index contributed by atoms with van der Waals surface area (Å²) in [5, 5.41) is 0. The summed E-state index contributed by atoms with van der Waals surface area (Å²) in [7, 11) is 1.67. The molecule has 1 unspecified atom stereocenters. The third-order valence-electron chi connectivity index (χ3n) is 2.10. The molecule has 0 aliphatic carbocycles. The van der Waals surface area contributed by atoms with Crippen LogP contribution in [-0.2, 0) is 14.3 Å². The summed E-state index contributed by atoms with van der Waals surface area (Å²) in [6.07, 6.45) is 4.59. The van der Waals surface area contributed by atoms with E-state index in [1.165, 1.54) is 0 Å². The molecular weight excluding hydrogens is 156 g/mol. The van der Waals surface area contributed by atoms with Crippen molar-refractivity contribution in [2.24, 2.45) is 0 Å². The van der Waals surface area contributed by atoms with Gasteiger partial charge in [0, 0.05) is 26.6 Å². The summed E-state index contributed by atoms with van der Waals surface area (Å²) >= 11 is 0. The van der Waals surface area contributed by atoms with Crippen LogP contribution < -0.4 is 0 Å². The largest absolute Gasteiger partial charge is 0.462 e. The molecule has 0 saturated carbocycles. The lowest BCUT2D eigenvalue weighted by Gasteiger charge is -2.13. The first kappa shape index (κ1) is 9.52. The first-order valence-electron chi connectivity index (χ1n) is 4.51. The molecule has 1 saturated heterocycles. The third kappa shape index (κ3) is 3.22. The minimum atomic E-state index is -0.0476. The highest BCUT2D eigenvalue weighted by atomic mass is 16.5. The number of hydrogen-bond donors (Lipinski definition) is 0. The highest BCUT2D eigenvalue weighted by Gasteiger charge is 2.17. The monoisotopic (exact) mass is 172 g/mol. The van der Waals surface area contributed by atoms with Crippen LogP contribution in [0.1, 0.15) is 32.1 Å². The van der Waals surface area contributed by atoms with Crippen molar-refractivity contribution in [2.75, 3.05) is 13.7 Å². The van der Waals surface area contributed by atoms with E-state index in [2.05, 4.69) is 0 Å². The van der Waals surface area contributed by atoms with Crippen molar-refractivity contribution in [1.82, 2.24) is 0 Å². The van der Waals surface area contributed by atoms with Gasteiger partial charge in [-0.3, -0.25) is 4.79 Å². The summed E-state index contributed by atoms with van der Waals surface area (Å²) < 4.78 is 10.1. The molecule has 3 nitrogen and oxygen atoms in total. The molecular formula is C9H16O3. The Kier molecular flexibility index (Phi) is 4.08. The summed E-state index contributed by atoms with van der Waals surface area (Å²) in [5.74, 6) is -0.0476. The van der Waals surface area contributed by atoms with Gasteiger partial charge < -0.3 is 9.47 Å².